The largest absolute Gasteiger partial charge is 0.493 e. The van der Waals surface area contributed by atoms with Gasteiger partial charge in [-0.3, -0.25) is 4.79 Å². The number of anilines is 1. The van der Waals surface area contributed by atoms with Crippen LogP contribution in [0.5, 0.6) is 17.2 Å². The summed E-state index contributed by atoms with van der Waals surface area (Å²) in [5, 5.41) is 3.78. The molecular weight excluding hydrogens is 590 g/mol. The van der Waals surface area contributed by atoms with Crippen molar-refractivity contribution in [2.45, 2.75) is 50.6 Å². The Bertz CT molecular complexity index is 1670. The fraction of sp³-hybridized carbons (Fsp3) is 0.421. The molecule has 2 saturated heterocycles. The van der Waals surface area contributed by atoms with Crippen molar-refractivity contribution in [1.82, 2.24) is 19.4 Å². The molecular formula is C38H47N5O4. The van der Waals surface area contributed by atoms with Crippen molar-refractivity contribution < 1.29 is 19.0 Å². The molecule has 0 bridgehead atoms. The first-order valence-electron chi connectivity index (χ1n) is 16.7. The van der Waals surface area contributed by atoms with Crippen molar-refractivity contribution in [3.8, 4) is 17.2 Å². The maximum absolute atomic E-state index is 13.9. The normalized spacial score (nSPS) is 19.0. The highest BCUT2D eigenvalue weighted by Crippen LogP contribution is 2.41. The number of carbonyl (C=O) groups excluding carboxylic acids is 1. The number of hydrogen-bond acceptors (Lipinski definition) is 7. The molecule has 0 radical (unpaired) electrons. The molecule has 0 saturated carbocycles. The average molecular weight is 638 g/mol. The van der Waals surface area contributed by atoms with Gasteiger partial charge in [-0.25, -0.2) is 4.98 Å². The van der Waals surface area contributed by atoms with Crippen molar-refractivity contribution >= 4 is 22.9 Å². The molecule has 0 spiro atoms. The number of likely N-dealkylation sites (tertiary alicyclic amines) is 2. The van der Waals surface area contributed by atoms with Crippen molar-refractivity contribution in [3.05, 3.63) is 90.0 Å². The van der Waals surface area contributed by atoms with Gasteiger partial charge >= 0.3 is 0 Å². The van der Waals surface area contributed by atoms with Crippen LogP contribution in [0.2, 0.25) is 0 Å². The van der Waals surface area contributed by atoms with Crippen LogP contribution in [0.25, 0.3) is 11.0 Å². The Labute approximate surface area is 278 Å². The van der Waals surface area contributed by atoms with E-state index in [0.29, 0.717) is 41.9 Å². The second-order valence-corrected chi connectivity index (χ2v) is 12.7. The van der Waals surface area contributed by atoms with Crippen LogP contribution in [-0.4, -0.2) is 85.4 Å². The molecule has 0 aliphatic carbocycles. The van der Waals surface area contributed by atoms with E-state index in [0.717, 1.165) is 68.8 Å². The van der Waals surface area contributed by atoms with Crippen LogP contribution in [0.3, 0.4) is 0 Å². The topological polar surface area (TPSA) is 81.1 Å². The molecule has 2 aliphatic rings. The SMILES string of the molecule is CC=CCn1c(NC2CCN(CCC3(c4ccccc4)CCN(C(=O)c4cc(OC)c(OC)c(OC)c4)C3)CC2)nc2ccccc21. The first-order valence-corrected chi connectivity index (χ1v) is 16.7. The zero-order chi connectivity index (χ0) is 32.8. The summed E-state index contributed by atoms with van der Waals surface area (Å²) in [6.45, 7) is 7.29. The smallest absolute Gasteiger partial charge is 0.254 e. The molecule has 248 valence electrons. The molecule has 3 aromatic carbocycles. The number of nitrogens with zero attached hydrogens (tertiary/aromatic N) is 4. The maximum Gasteiger partial charge on any atom is 0.254 e. The van der Waals surface area contributed by atoms with Crippen LogP contribution < -0.4 is 19.5 Å². The minimum Gasteiger partial charge on any atom is -0.493 e. The minimum absolute atomic E-state index is 0.0191. The number of nitrogens with one attached hydrogen (secondary N) is 1. The lowest BCUT2D eigenvalue weighted by Gasteiger charge is -2.36. The summed E-state index contributed by atoms with van der Waals surface area (Å²) < 4.78 is 18.8. The molecule has 47 heavy (non-hydrogen) atoms. The van der Waals surface area contributed by atoms with Gasteiger partial charge in [0.15, 0.2) is 11.5 Å². The number of benzene rings is 3. The third-order valence-corrected chi connectivity index (χ3v) is 9.94. The van der Waals surface area contributed by atoms with Crippen LogP contribution in [0.1, 0.15) is 48.5 Å². The van der Waals surface area contributed by atoms with Crippen LogP contribution in [0, 0.1) is 0 Å². The van der Waals surface area contributed by atoms with Gasteiger partial charge in [-0.2, -0.15) is 0 Å². The molecule has 1 amide bonds. The predicted molar refractivity (Wildman–Crippen MR) is 187 cm³/mol. The monoisotopic (exact) mass is 637 g/mol. The fourth-order valence-electron chi connectivity index (χ4n) is 7.25. The van der Waals surface area contributed by atoms with Gasteiger partial charge in [0.25, 0.3) is 5.91 Å². The highest BCUT2D eigenvalue weighted by atomic mass is 16.5. The Morgan fingerprint density at radius 3 is 2.34 bits per heavy atom. The average Bonchev–Trinajstić information content (AvgIpc) is 3.72. The van der Waals surface area contributed by atoms with Crippen LogP contribution in [0.4, 0.5) is 5.95 Å². The lowest BCUT2D eigenvalue weighted by Crippen LogP contribution is -2.42. The molecule has 2 aliphatic heterocycles. The second-order valence-electron chi connectivity index (χ2n) is 12.7. The van der Waals surface area contributed by atoms with Crippen LogP contribution in [0.15, 0.2) is 78.9 Å². The highest BCUT2D eigenvalue weighted by Gasteiger charge is 2.42. The molecule has 6 rings (SSSR count). The molecule has 2 fully saturated rings. The summed E-state index contributed by atoms with van der Waals surface area (Å²) in [7, 11) is 4.71. The molecule has 1 unspecified atom stereocenters. The Balaban J connectivity index is 1.12. The molecule has 1 aromatic heterocycles. The number of carbonyl (C=O) groups is 1. The van der Waals surface area contributed by atoms with Crippen LogP contribution >= 0.6 is 0 Å². The predicted octanol–water partition coefficient (Wildman–Crippen LogP) is 6.39. The number of fused-ring (bicyclic) bond motifs is 1. The molecule has 9 heteroatoms. The molecule has 3 heterocycles. The number of aromatic nitrogens is 2. The van der Waals surface area contributed by atoms with Crippen molar-refractivity contribution in [2.24, 2.45) is 0 Å². The number of methoxy groups -OCH3 is 3. The number of hydrogen-bond donors (Lipinski definition) is 1. The van der Waals surface area contributed by atoms with E-state index >= 15 is 0 Å². The van der Waals surface area contributed by atoms with Gasteiger partial charge in [0.1, 0.15) is 0 Å². The second kappa shape index (κ2) is 14.5. The number of ether oxygens (including phenoxy) is 3. The third-order valence-electron chi connectivity index (χ3n) is 9.94. The maximum atomic E-state index is 13.9. The quantitative estimate of drug-likeness (QED) is 0.180. The molecule has 4 aromatic rings. The molecule has 1 N–H and O–H groups in total. The summed E-state index contributed by atoms with van der Waals surface area (Å²) in [5.74, 6) is 2.38. The first kappa shape index (κ1) is 32.4. The van der Waals surface area contributed by atoms with Gasteiger partial charge in [-0.15, -0.1) is 0 Å². The number of allylic oxidation sites excluding steroid dienone is 2. The summed E-state index contributed by atoms with van der Waals surface area (Å²) in [6.07, 6.45) is 8.31. The fourth-order valence-corrected chi connectivity index (χ4v) is 7.25. The standard InChI is InChI=1S/C38H47N5O4/c1-5-6-20-43-32-15-11-10-14-31(32)40-37(43)39-30-16-21-41(22-17-30)23-18-38(29-12-8-7-9-13-29)19-24-42(27-38)36(44)28-25-33(45-2)35(47-4)34(26-28)46-3/h5-15,25-26,30H,16-24,27H2,1-4H3,(H,39,40). The molecule has 1 atom stereocenters. The Morgan fingerprint density at radius 2 is 1.66 bits per heavy atom. The summed E-state index contributed by atoms with van der Waals surface area (Å²) >= 11 is 0. The summed E-state index contributed by atoms with van der Waals surface area (Å²) in [5.41, 5.74) is 3.92. The van der Waals surface area contributed by atoms with Gasteiger partial charge in [-0.1, -0.05) is 54.6 Å². The van der Waals surface area contributed by atoms with Gasteiger partial charge in [-0.05, 0) is 69.0 Å². The van der Waals surface area contributed by atoms with E-state index in [1.54, 1.807) is 33.5 Å². The number of rotatable bonds is 12. The van der Waals surface area contributed by atoms with E-state index in [1.807, 2.05) is 11.0 Å². The Hall–Kier alpha value is -4.50. The van der Waals surface area contributed by atoms with Crippen molar-refractivity contribution in [2.75, 3.05) is 59.4 Å². The van der Waals surface area contributed by atoms with Crippen molar-refractivity contribution in [1.29, 1.82) is 0 Å². The number of para-hydroxylation sites is 2. The number of amides is 1. The van der Waals surface area contributed by atoms with Gasteiger partial charge < -0.3 is 33.9 Å². The highest BCUT2D eigenvalue weighted by molar-refractivity contribution is 5.96. The zero-order valence-electron chi connectivity index (χ0n) is 28.1. The van der Waals surface area contributed by atoms with E-state index in [4.69, 9.17) is 19.2 Å². The summed E-state index contributed by atoms with van der Waals surface area (Å²) in [6, 6.07) is 23.0. The van der Waals surface area contributed by atoms with Crippen LogP contribution in [-0.2, 0) is 12.0 Å². The van der Waals surface area contributed by atoms with Gasteiger partial charge in [0.2, 0.25) is 11.7 Å². The Morgan fingerprint density at radius 1 is 0.957 bits per heavy atom. The third kappa shape index (κ3) is 6.81. The van der Waals surface area contributed by atoms with Gasteiger partial charge in [0.05, 0.1) is 32.4 Å². The Kier molecular flexibility index (Phi) is 10.0. The van der Waals surface area contributed by atoms with E-state index in [2.05, 4.69) is 82.4 Å². The van der Waals surface area contributed by atoms with E-state index in [-0.39, 0.29) is 11.3 Å². The van der Waals surface area contributed by atoms with Crippen molar-refractivity contribution in [3.63, 3.8) is 0 Å². The van der Waals surface area contributed by atoms with E-state index < -0.39 is 0 Å². The summed E-state index contributed by atoms with van der Waals surface area (Å²) in [4.78, 5) is 23.4. The molecule has 9 nitrogen and oxygen atoms in total. The minimum atomic E-state index is -0.107. The zero-order valence-corrected chi connectivity index (χ0v) is 28.1. The first-order chi connectivity index (χ1) is 23.0. The van der Waals surface area contributed by atoms with E-state index in [1.165, 1.54) is 5.56 Å². The number of imidazole rings is 1. The number of piperidine rings is 1. The lowest BCUT2D eigenvalue weighted by atomic mass is 9.76. The van der Waals surface area contributed by atoms with E-state index in [9.17, 15) is 4.79 Å². The van der Waals surface area contributed by atoms with Gasteiger partial charge in [0, 0.05) is 49.7 Å². The lowest BCUT2D eigenvalue weighted by molar-refractivity contribution is 0.0779.